The number of hydrogen-bond donors (Lipinski definition) is 0. The molecule has 0 aliphatic carbocycles. The number of amides is 1. The van der Waals surface area contributed by atoms with Gasteiger partial charge < -0.3 is 4.90 Å². The maximum absolute atomic E-state index is 13.3. The van der Waals surface area contributed by atoms with Crippen LogP contribution in [0.3, 0.4) is 0 Å². The van der Waals surface area contributed by atoms with Crippen LogP contribution in [-0.2, 0) is 4.79 Å². The lowest BCUT2D eigenvalue weighted by Crippen LogP contribution is -2.22. The third-order valence-corrected chi connectivity index (χ3v) is 2.07. The number of nitrogens with zero attached hydrogens (tertiary/aromatic N) is 1. The molecule has 0 atom stereocenters. The largest absolute Gasteiger partial charge is 0.316 e. The highest BCUT2D eigenvalue weighted by molar-refractivity contribution is 5.75. The van der Waals surface area contributed by atoms with E-state index in [0.29, 0.717) is 12.1 Å². The van der Waals surface area contributed by atoms with Crippen LogP contribution in [0.2, 0.25) is 0 Å². The predicted octanol–water partition coefficient (Wildman–Crippen LogP) is 2.83. The Morgan fingerprint density at radius 1 is 1.50 bits per heavy atom. The molecule has 0 fully saturated rings. The van der Waals surface area contributed by atoms with E-state index in [1.165, 1.54) is 17.9 Å². The molecule has 1 amide bonds. The first kappa shape index (κ1) is 12.2. The molecule has 0 N–H and O–H groups in total. The molecule has 1 rings (SSSR count). The van der Waals surface area contributed by atoms with Crippen molar-refractivity contribution >= 4 is 12.0 Å². The fourth-order valence-corrected chi connectivity index (χ4v) is 1.21. The Kier molecular flexibility index (Phi) is 4.45. The van der Waals surface area contributed by atoms with Crippen molar-refractivity contribution in [2.45, 2.75) is 6.92 Å². The van der Waals surface area contributed by atoms with Gasteiger partial charge in [0.25, 0.3) is 0 Å². The maximum atomic E-state index is 13.3. The Morgan fingerprint density at radius 2 is 2.19 bits per heavy atom. The van der Waals surface area contributed by atoms with E-state index in [1.807, 2.05) is 0 Å². The van der Waals surface area contributed by atoms with Gasteiger partial charge in [-0.25, -0.2) is 4.39 Å². The number of carbonyl (C=O) groups is 1. The van der Waals surface area contributed by atoms with Crippen molar-refractivity contribution in [2.75, 3.05) is 6.54 Å². The van der Waals surface area contributed by atoms with Crippen LogP contribution in [0.1, 0.15) is 12.5 Å². The van der Waals surface area contributed by atoms with Crippen molar-refractivity contribution in [2.24, 2.45) is 0 Å². The van der Waals surface area contributed by atoms with Crippen LogP contribution in [0.15, 0.2) is 43.1 Å². The van der Waals surface area contributed by atoms with Crippen LogP contribution in [0.25, 0.3) is 6.08 Å². The van der Waals surface area contributed by atoms with Crippen molar-refractivity contribution in [3.05, 3.63) is 54.5 Å². The summed E-state index contributed by atoms with van der Waals surface area (Å²) in [6, 6.07) is 6.40. The third kappa shape index (κ3) is 3.35. The quantitative estimate of drug-likeness (QED) is 0.713. The molecule has 0 unspecified atom stereocenters. The van der Waals surface area contributed by atoms with Crippen molar-refractivity contribution < 1.29 is 9.18 Å². The summed E-state index contributed by atoms with van der Waals surface area (Å²) in [5.74, 6) is -0.409. The van der Waals surface area contributed by atoms with Crippen molar-refractivity contribution in [1.29, 1.82) is 0 Å². The Hall–Kier alpha value is -1.90. The van der Waals surface area contributed by atoms with E-state index in [4.69, 9.17) is 0 Å². The average molecular weight is 219 g/mol. The van der Waals surface area contributed by atoms with E-state index in [9.17, 15) is 9.18 Å². The highest BCUT2D eigenvalue weighted by atomic mass is 19.1. The van der Waals surface area contributed by atoms with E-state index in [0.717, 1.165) is 0 Å². The van der Waals surface area contributed by atoms with Gasteiger partial charge in [-0.15, -0.1) is 6.58 Å². The van der Waals surface area contributed by atoms with Crippen LogP contribution in [0.5, 0.6) is 0 Å². The number of hydrogen-bond acceptors (Lipinski definition) is 1. The van der Waals surface area contributed by atoms with Gasteiger partial charge in [0.15, 0.2) is 0 Å². The Labute approximate surface area is 94.7 Å². The summed E-state index contributed by atoms with van der Waals surface area (Å²) < 4.78 is 13.3. The molecule has 16 heavy (non-hydrogen) atoms. The summed E-state index contributed by atoms with van der Waals surface area (Å²) in [7, 11) is 0. The van der Waals surface area contributed by atoms with Gasteiger partial charge in [0.1, 0.15) is 5.82 Å². The standard InChI is InChI=1S/C13H14FNO/c1-3-9-15(11(2)16)10-8-12-6-4-5-7-13(12)14/h3-8,10H,1,9H2,2H3/b10-8+. The molecule has 1 aromatic rings. The zero-order chi connectivity index (χ0) is 12.0. The van der Waals surface area contributed by atoms with Gasteiger partial charge in [0, 0.05) is 25.2 Å². The highest BCUT2D eigenvalue weighted by Crippen LogP contribution is 2.08. The summed E-state index contributed by atoms with van der Waals surface area (Å²) in [6.07, 6.45) is 4.75. The van der Waals surface area contributed by atoms with Crippen molar-refractivity contribution in [3.63, 3.8) is 0 Å². The molecule has 3 heteroatoms. The second-order valence-electron chi connectivity index (χ2n) is 3.30. The van der Waals surface area contributed by atoms with Gasteiger partial charge in [-0.1, -0.05) is 24.3 Å². The van der Waals surface area contributed by atoms with Gasteiger partial charge in [0.05, 0.1) is 0 Å². The van der Waals surface area contributed by atoms with Gasteiger partial charge in [-0.05, 0) is 12.1 Å². The van der Waals surface area contributed by atoms with Crippen LogP contribution < -0.4 is 0 Å². The first-order valence-electron chi connectivity index (χ1n) is 4.96. The van der Waals surface area contributed by atoms with Gasteiger partial charge >= 0.3 is 0 Å². The predicted molar refractivity (Wildman–Crippen MR) is 63.0 cm³/mol. The minimum atomic E-state index is -0.305. The van der Waals surface area contributed by atoms with Crippen LogP contribution in [0, 0.1) is 5.82 Å². The Balaban J connectivity index is 2.82. The summed E-state index contributed by atoms with van der Waals surface area (Å²) >= 11 is 0. The monoisotopic (exact) mass is 219 g/mol. The fraction of sp³-hybridized carbons (Fsp3) is 0.154. The first-order valence-corrected chi connectivity index (χ1v) is 4.96. The number of carbonyl (C=O) groups excluding carboxylic acids is 1. The molecule has 0 spiro atoms. The molecular weight excluding hydrogens is 205 g/mol. The van der Waals surface area contributed by atoms with Crippen LogP contribution in [0.4, 0.5) is 4.39 Å². The molecule has 0 saturated heterocycles. The topological polar surface area (TPSA) is 20.3 Å². The van der Waals surface area contributed by atoms with E-state index in [2.05, 4.69) is 6.58 Å². The number of benzene rings is 1. The van der Waals surface area contributed by atoms with E-state index >= 15 is 0 Å². The number of halogens is 1. The van der Waals surface area contributed by atoms with Gasteiger partial charge in [-0.2, -0.15) is 0 Å². The van der Waals surface area contributed by atoms with Crippen molar-refractivity contribution in [1.82, 2.24) is 4.90 Å². The molecule has 0 heterocycles. The normalized spacial score (nSPS) is 10.4. The molecule has 0 bridgehead atoms. The summed E-state index contributed by atoms with van der Waals surface area (Å²) in [5, 5.41) is 0. The van der Waals surface area contributed by atoms with Crippen LogP contribution >= 0.6 is 0 Å². The zero-order valence-corrected chi connectivity index (χ0v) is 9.19. The average Bonchev–Trinajstić information content (AvgIpc) is 2.26. The summed E-state index contributed by atoms with van der Waals surface area (Å²) in [6.45, 7) is 5.42. The van der Waals surface area contributed by atoms with Crippen LogP contribution in [-0.4, -0.2) is 17.4 Å². The second-order valence-corrected chi connectivity index (χ2v) is 3.30. The molecule has 2 nitrogen and oxygen atoms in total. The lowest BCUT2D eigenvalue weighted by molar-refractivity contribution is -0.125. The lowest BCUT2D eigenvalue weighted by Gasteiger charge is -2.13. The highest BCUT2D eigenvalue weighted by Gasteiger charge is 2.02. The molecular formula is C13H14FNO. The SMILES string of the molecule is C=CCN(/C=C/c1ccccc1F)C(C)=O. The van der Waals surface area contributed by atoms with Crippen molar-refractivity contribution in [3.8, 4) is 0 Å². The number of rotatable bonds is 4. The third-order valence-electron chi connectivity index (χ3n) is 2.07. The summed E-state index contributed by atoms with van der Waals surface area (Å²) in [4.78, 5) is 12.6. The molecule has 0 aliphatic heterocycles. The lowest BCUT2D eigenvalue weighted by atomic mass is 10.2. The first-order chi connectivity index (χ1) is 7.65. The summed E-state index contributed by atoms with van der Waals surface area (Å²) in [5.41, 5.74) is 0.456. The minimum absolute atomic E-state index is 0.104. The Bertz CT molecular complexity index is 412. The second kappa shape index (κ2) is 5.85. The molecule has 0 saturated carbocycles. The van der Waals surface area contributed by atoms with E-state index in [-0.39, 0.29) is 11.7 Å². The minimum Gasteiger partial charge on any atom is -0.316 e. The molecule has 1 aromatic carbocycles. The van der Waals surface area contributed by atoms with Gasteiger partial charge in [0.2, 0.25) is 5.91 Å². The maximum Gasteiger partial charge on any atom is 0.223 e. The smallest absolute Gasteiger partial charge is 0.223 e. The molecule has 84 valence electrons. The Morgan fingerprint density at radius 3 is 2.75 bits per heavy atom. The molecule has 0 aliphatic rings. The fourth-order valence-electron chi connectivity index (χ4n) is 1.21. The molecule has 0 radical (unpaired) electrons. The molecule has 0 aromatic heterocycles. The van der Waals surface area contributed by atoms with E-state index < -0.39 is 0 Å². The zero-order valence-electron chi connectivity index (χ0n) is 9.19. The van der Waals surface area contributed by atoms with Gasteiger partial charge in [-0.3, -0.25) is 4.79 Å². The van der Waals surface area contributed by atoms with E-state index in [1.54, 1.807) is 36.6 Å².